The number of hydrogen-bond acceptors (Lipinski definition) is 4. The minimum Gasteiger partial charge on any atom is -0.312 e. The van der Waals surface area contributed by atoms with Crippen molar-refractivity contribution in [2.24, 2.45) is 0 Å². The average molecular weight is 236 g/mol. The zero-order chi connectivity index (χ0) is 10.8. The van der Waals surface area contributed by atoms with E-state index in [2.05, 4.69) is 6.07 Å². The Bertz CT molecular complexity index is 454. The Kier molecular flexibility index (Phi) is 5.33. The van der Waals surface area contributed by atoms with Gasteiger partial charge >= 0.3 is 29.6 Å². The van der Waals surface area contributed by atoms with E-state index < -0.39 is 15.0 Å². The van der Waals surface area contributed by atoms with Gasteiger partial charge in [0.1, 0.15) is 0 Å². The molecule has 0 aliphatic carbocycles. The van der Waals surface area contributed by atoms with E-state index in [9.17, 15) is 18.0 Å². The van der Waals surface area contributed by atoms with Gasteiger partial charge in [-0.1, -0.05) is 11.1 Å². The summed E-state index contributed by atoms with van der Waals surface area (Å²) in [6, 6.07) is 4.55. The van der Waals surface area contributed by atoms with Crippen molar-refractivity contribution in [2.75, 3.05) is 0 Å². The second-order valence-electron chi connectivity index (χ2n) is 2.41. The van der Waals surface area contributed by atoms with Crippen molar-refractivity contribution < 1.29 is 52.1 Å². The van der Waals surface area contributed by atoms with E-state index in [4.69, 9.17) is 4.55 Å². The molecular formula is C8H5NaO5S. The standard InChI is InChI=1S/C8H5O5S.Na/c9-4-6-2-1-3-7(5-10)8(6)14(11,12)13;/h2-5H,(H,11,12,13);/q-1;+1. The quantitative estimate of drug-likeness (QED) is 0.268. The third-order valence-corrected chi connectivity index (χ3v) is 2.50. The molecule has 0 aliphatic rings. The summed E-state index contributed by atoms with van der Waals surface area (Å²) in [5.41, 5.74) is -0.589. The van der Waals surface area contributed by atoms with Crippen molar-refractivity contribution in [1.82, 2.24) is 0 Å². The van der Waals surface area contributed by atoms with Gasteiger partial charge in [-0.2, -0.15) is 26.6 Å². The summed E-state index contributed by atoms with van der Waals surface area (Å²) in [5.74, 6) is 0. The summed E-state index contributed by atoms with van der Waals surface area (Å²) < 4.78 is 30.4. The summed E-state index contributed by atoms with van der Waals surface area (Å²) in [6.45, 7) is 0. The fourth-order valence-electron chi connectivity index (χ4n) is 0.992. The number of carbonyl (C=O) groups is 2. The van der Waals surface area contributed by atoms with E-state index in [0.29, 0.717) is 0 Å². The van der Waals surface area contributed by atoms with Gasteiger partial charge in [0.2, 0.25) is 0 Å². The van der Waals surface area contributed by atoms with Gasteiger partial charge in [0.25, 0.3) is 10.1 Å². The maximum Gasteiger partial charge on any atom is 1.00 e. The molecule has 1 N–H and O–H groups in total. The van der Waals surface area contributed by atoms with Gasteiger partial charge < -0.3 is 9.59 Å². The number of hydrogen-bond donors (Lipinski definition) is 1. The van der Waals surface area contributed by atoms with E-state index in [0.717, 1.165) is 12.1 Å². The van der Waals surface area contributed by atoms with E-state index in [-0.39, 0.29) is 53.3 Å². The molecule has 5 nitrogen and oxygen atoms in total. The minimum atomic E-state index is -4.57. The first-order chi connectivity index (χ1) is 6.50. The predicted molar refractivity (Wildman–Crippen MR) is 45.9 cm³/mol. The Hall–Kier alpha value is -0.530. The molecule has 0 atom stereocenters. The molecule has 0 spiro atoms. The predicted octanol–water partition coefficient (Wildman–Crippen LogP) is -2.64. The van der Waals surface area contributed by atoms with Crippen LogP contribution in [0.3, 0.4) is 0 Å². The van der Waals surface area contributed by atoms with Crippen LogP contribution < -0.4 is 29.6 Å². The number of benzene rings is 1. The van der Waals surface area contributed by atoms with Crippen molar-refractivity contribution in [3.05, 3.63) is 29.3 Å². The van der Waals surface area contributed by atoms with E-state index in [1.165, 1.54) is 0 Å². The van der Waals surface area contributed by atoms with Crippen LogP contribution in [-0.2, 0) is 10.1 Å². The fourth-order valence-corrected chi connectivity index (χ4v) is 1.80. The zero-order valence-electron chi connectivity index (χ0n) is 7.80. The van der Waals surface area contributed by atoms with Crippen LogP contribution in [0.5, 0.6) is 0 Å². The molecule has 0 aromatic heterocycles. The summed E-state index contributed by atoms with van der Waals surface area (Å²) in [4.78, 5) is 20.2. The molecule has 0 radical (unpaired) electrons. The molecule has 0 heterocycles. The molecule has 0 bridgehead atoms. The molecule has 0 amide bonds. The number of aldehydes is 2. The van der Waals surface area contributed by atoms with Gasteiger partial charge in [-0.3, -0.25) is 4.55 Å². The van der Waals surface area contributed by atoms with Crippen molar-refractivity contribution in [1.29, 1.82) is 0 Å². The monoisotopic (exact) mass is 236 g/mol. The molecule has 0 saturated heterocycles. The van der Waals surface area contributed by atoms with E-state index >= 15 is 0 Å². The normalized spacial score (nSPS) is 10.2. The van der Waals surface area contributed by atoms with Crippen LogP contribution in [0.1, 0.15) is 20.7 Å². The van der Waals surface area contributed by atoms with Gasteiger partial charge in [0, 0.05) is 4.90 Å². The van der Waals surface area contributed by atoms with Crippen LogP contribution >= 0.6 is 0 Å². The van der Waals surface area contributed by atoms with Gasteiger partial charge in [-0.05, 0) is 0 Å². The Morgan fingerprint density at radius 2 is 1.53 bits per heavy atom. The summed E-state index contributed by atoms with van der Waals surface area (Å²) in [6.07, 6.45) is 0.458. The van der Waals surface area contributed by atoms with Crippen LogP contribution in [0.4, 0.5) is 0 Å². The largest absolute Gasteiger partial charge is 1.00 e. The SMILES string of the molecule is O=Cc1c[c-]cc(C=O)c1S(=O)(=O)O.[Na+]. The number of carbonyl (C=O) groups excluding carboxylic acids is 2. The zero-order valence-corrected chi connectivity index (χ0v) is 10.6. The van der Waals surface area contributed by atoms with Crippen molar-refractivity contribution >= 4 is 22.7 Å². The van der Waals surface area contributed by atoms with Crippen LogP contribution in [0.15, 0.2) is 17.0 Å². The minimum absolute atomic E-state index is 0. The maximum absolute atomic E-state index is 10.8. The molecule has 0 unspecified atom stereocenters. The number of rotatable bonds is 3. The van der Waals surface area contributed by atoms with E-state index in [1.807, 2.05) is 0 Å². The maximum atomic E-state index is 10.8. The Balaban J connectivity index is 0.00000196. The van der Waals surface area contributed by atoms with Crippen LogP contribution in [0.25, 0.3) is 0 Å². The topological polar surface area (TPSA) is 88.5 Å². The first-order valence-corrected chi connectivity index (χ1v) is 4.86. The average Bonchev–Trinajstić information content (AvgIpc) is 2.15. The second kappa shape index (κ2) is 5.53. The molecule has 74 valence electrons. The van der Waals surface area contributed by atoms with Crippen LogP contribution in [0.2, 0.25) is 0 Å². The third kappa shape index (κ3) is 3.22. The molecule has 0 fully saturated rings. The molecule has 0 aliphatic heterocycles. The van der Waals surface area contributed by atoms with Crippen molar-refractivity contribution in [3.63, 3.8) is 0 Å². The molecule has 1 aromatic rings. The summed E-state index contributed by atoms with van der Waals surface area (Å²) in [7, 11) is -4.57. The molecule has 0 saturated carbocycles. The van der Waals surface area contributed by atoms with Gasteiger partial charge in [0.05, 0.1) is 12.6 Å². The first kappa shape index (κ1) is 14.5. The molecular weight excluding hydrogens is 231 g/mol. The Morgan fingerprint density at radius 1 is 1.13 bits per heavy atom. The van der Waals surface area contributed by atoms with Crippen molar-refractivity contribution in [2.45, 2.75) is 4.90 Å². The van der Waals surface area contributed by atoms with Gasteiger partial charge in [-0.25, -0.2) is 0 Å². The Labute approximate surface area is 109 Å². The second-order valence-corrected chi connectivity index (χ2v) is 3.76. The first-order valence-electron chi connectivity index (χ1n) is 3.42. The molecule has 1 rings (SSSR count). The fraction of sp³-hybridized carbons (Fsp3) is 0. The third-order valence-electron chi connectivity index (χ3n) is 1.51. The smallest absolute Gasteiger partial charge is 0.312 e. The van der Waals surface area contributed by atoms with Gasteiger partial charge in [0.15, 0.2) is 0 Å². The van der Waals surface area contributed by atoms with E-state index in [1.54, 1.807) is 0 Å². The van der Waals surface area contributed by atoms with Crippen LogP contribution in [0, 0.1) is 6.07 Å². The Morgan fingerprint density at radius 3 is 1.80 bits per heavy atom. The van der Waals surface area contributed by atoms with Crippen molar-refractivity contribution in [3.8, 4) is 0 Å². The summed E-state index contributed by atoms with van der Waals surface area (Å²) >= 11 is 0. The van der Waals surface area contributed by atoms with Gasteiger partial charge in [-0.15, -0.1) is 0 Å². The summed E-state index contributed by atoms with van der Waals surface area (Å²) in [5, 5.41) is 0. The van der Waals surface area contributed by atoms with Crippen LogP contribution in [-0.4, -0.2) is 25.5 Å². The molecule has 15 heavy (non-hydrogen) atoms. The molecule has 1 aromatic carbocycles. The molecule has 7 heteroatoms.